The highest BCUT2D eigenvalue weighted by atomic mass is 32.2. The molecule has 2 aromatic carbocycles. The normalized spacial score (nSPS) is 11.4. The molecule has 0 fully saturated rings. The van der Waals surface area contributed by atoms with Crippen LogP contribution in [0, 0.1) is 6.92 Å². The summed E-state index contributed by atoms with van der Waals surface area (Å²) in [6.07, 6.45) is 0. The minimum absolute atomic E-state index is 0.247. The van der Waals surface area contributed by atoms with E-state index in [1.54, 1.807) is 42.5 Å². The first-order valence-corrected chi connectivity index (χ1v) is 7.36. The predicted octanol–water partition coefficient (Wildman–Crippen LogP) is 2.06. The first-order chi connectivity index (χ1) is 8.97. The van der Waals surface area contributed by atoms with Crippen LogP contribution in [0.5, 0.6) is 0 Å². The fourth-order valence-corrected chi connectivity index (χ4v) is 2.80. The molecule has 0 bridgehead atoms. The highest BCUT2D eigenvalue weighted by Gasteiger charge is 2.13. The number of aryl methyl sites for hydroxylation is 1. The Labute approximate surface area is 113 Å². The molecule has 0 aliphatic heterocycles. The van der Waals surface area contributed by atoms with Crippen molar-refractivity contribution < 1.29 is 8.42 Å². The van der Waals surface area contributed by atoms with Crippen molar-refractivity contribution in [2.45, 2.75) is 18.4 Å². The van der Waals surface area contributed by atoms with Crippen molar-refractivity contribution in [1.82, 2.24) is 4.72 Å². The minimum Gasteiger partial charge on any atom is -0.399 e. The lowest BCUT2D eigenvalue weighted by molar-refractivity contribution is 0.581. The maximum atomic E-state index is 12.1. The first kappa shape index (κ1) is 13.6. The summed E-state index contributed by atoms with van der Waals surface area (Å²) in [7, 11) is -3.47. The number of rotatable bonds is 4. The SMILES string of the molecule is Cc1cccc(S(=O)(=O)NCc2ccc(N)cc2)c1. The van der Waals surface area contributed by atoms with Crippen molar-refractivity contribution in [3.05, 3.63) is 59.7 Å². The number of hydrogen-bond donors (Lipinski definition) is 2. The zero-order valence-electron chi connectivity index (χ0n) is 10.6. The Bertz CT molecular complexity index is 664. The Morgan fingerprint density at radius 2 is 1.79 bits per heavy atom. The van der Waals surface area contributed by atoms with Crippen LogP contribution in [-0.4, -0.2) is 8.42 Å². The third kappa shape index (κ3) is 3.56. The second-order valence-corrected chi connectivity index (χ2v) is 6.15. The monoisotopic (exact) mass is 276 g/mol. The molecule has 2 aromatic rings. The molecule has 0 saturated heterocycles. The van der Waals surface area contributed by atoms with Gasteiger partial charge in [-0.15, -0.1) is 0 Å². The average Bonchev–Trinajstić information content (AvgIpc) is 2.38. The van der Waals surface area contributed by atoms with Gasteiger partial charge >= 0.3 is 0 Å². The van der Waals surface area contributed by atoms with E-state index >= 15 is 0 Å². The molecule has 3 N–H and O–H groups in total. The van der Waals surface area contributed by atoms with E-state index in [4.69, 9.17) is 5.73 Å². The molecule has 100 valence electrons. The van der Waals surface area contributed by atoms with Gasteiger partial charge in [-0.3, -0.25) is 0 Å². The third-order valence-corrected chi connectivity index (χ3v) is 4.14. The van der Waals surface area contributed by atoms with Crippen LogP contribution >= 0.6 is 0 Å². The molecular weight excluding hydrogens is 260 g/mol. The summed E-state index contributed by atoms with van der Waals surface area (Å²) >= 11 is 0. The summed E-state index contributed by atoms with van der Waals surface area (Å²) in [4.78, 5) is 0.281. The van der Waals surface area contributed by atoms with Crippen LogP contribution in [0.4, 0.5) is 5.69 Å². The van der Waals surface area contributed by atoms with Crippen molar-refractivity contribution in [2.75, 3.05) is 5.73 Å². The topological polar surface area (TPSA) is 72.2 Å². The number of anilines is 1. The summed E-state index contributed by atoms with van der Waals surface area (Å²) in [6.45, 7) is 2.11. The third-order valence-electron chi connectivity index (χ3n) is 2.75. The zero-order chi connectivity index (χ0) is 13.9. The summed E-state index contributed by atoms with van der Waals surface area (Å²) < 4.78 is 26.7. The Kier molecular flexibility index (Phi) is 3.87. The molecule has 0 aliphatic rings. The van der Waals surface area contributed by atoms with Crippen molar-refractivity contribution in [2.24, 2.45) is 0 Å². The van der Waals surface area contributed by atoms with Crippen LogP contribution in [0.1, 0.15) is 11.1 Å². The lowest BCUT2D eigenvalue weighted by atomic mass is 10.2. The first-order valence-electron chi connectivity index (χ1n) is 5.88. The second kappa shape index (κ2) is 5.42. The van der Waals surface area contributed by atoms with Gasteiger partial charge < -0.3 is 5.73 Å². The molecule has 0 atom stereocenters. The van der Waals surface area contributed by atoms with Crippen LogP contribution < -0.4 is 10.5 Å². The molecule has 19 heavy (non-hydrogen) atoms. The Hall–Kier alpha value is -1.85. The van der Waals surface area contributed by atoms with E-state index in [9.17, 15) is 8.42 Å². The highest BCUT2D eigenvalue weighted by molar-refractivity contribution is 7.89. The van der Waals surface area contributed by atoms with Gasteiger partial charge in [-0.1, -0.05) is 24.3 Å². The molecule has 5 heteroatoms. The molecule has 4 nitrogen and oxygen atoms in total. The molecule has 0 radical (unpaired) electrons. The molecule has 2 rings (SSSR count). The van der Waals surface area contributed by atoms with Crippen LogP contribution in [-0.2, 0) is 16.6 Å². The summed E-state index contributed by atoms with van der Waals surface area (Å²) in [5.41, 5.74) is 8.01. The Morgan fingerprint density at radius 1 is 1.11 bits per heavy atom. The molecule has 0 unspecified atom stereocenters. The van der Waals surface area contributed by atoms with Crippen molar-refractivity contribution >= 4 is 15.7 Å². The predicted molar refractivity (Wildman–Crippen MR) is 76.1 cm³/mol. The highest BCUT2D eigenvalue weighted by Crippen LogP contribution is 2.12. The number of nitrogen functional groups attached to an aromatic ring is 1. The van der Waals surface area contributed by atoms with Crippen molar-refractivity contribution in [3.8, 4) is 0 Å². The maximum absolute atomic E-state index is 12.1. The Balaban J connectivity index is 2.12. The summed E-state index contributed by atoms with van der Waals surface area (Å²) in [5, 5.41) is 0. The largest absolute Gasteiger partial charge is 0.399 e. The minimum atomic E-state index is -3.47. The zero-order valence-corrected chi connectivity index (χ0v) is 11.4. The lowest BCUT2D eigenvalue weighted by Gasteiger charge is -2.07. The van der Waals surface area contributed by atoms with Gasteiger partial charge in [-0.05, 0) is 42.3 Å². The van der Waals surface area contributed by atoms with Gasteiger partial charge in [-0.2, -0.15) is 0 Å². The van der Waals surface area contributed by atoms with Gasteiger partial charge in [-0.25, -0.2) is 13.1 Å². The van der Waals surface area contributed by atoms with E-state index in [0.717, 1.165) is 11.1 Å². The van der Waals surface area contributed by atoms with E-state index in [-0.39, 0.29) is 11.4 Å². The molecule has 0 spiro atoms. The average molecular weight is 276 g/mol. The quantitative estimate of drug-likeness (QED) is 0.840. The van der Waals surface area contributed by atoms with Crippen LogP contribution in [0.15, 0.2) is 53.4 Å². The van der Waals surface area contributed by atoms with E-state index in [0.29, 0.717) is 5.69 Å². The van der Waals surface area contributed by atoms with Gasteiger partial charge in [0, 0.05) is 12.2 Å². The van der Waals surface area contributed by atoms with Gasteiger partial charge in [0.2, 0.25) is 10.0 Å². The van der Waals surface area contributed by atoms with Gasteiger partial charge in [0.1, 0.15) is 0 Å². The fourth-order valence-electron chi connectivity index (χ4n) is 1.68. The van der Waals surface area contributed by atoms with Crippen LogP contribution in [0.25, 0.3) is 0 Å². The van der Waals surface area contributed by atoms with Crippen molar-refractivity contribution in [1.29, 1.82) is 0 Å². The molecular formula is C14H16N2O2S. The molecule has 0 aromatic heterocycles. The maximum Gasteiger partial charge on any atom is 0.240 e. The Morgan fingerprint density at radius 3 is 2.42 bits per heavy atom. The molecule has 0 aliphatic carbocycles. The number of hydrogen-bond acceptors (Lipinski definition) is 3. The summed E-state index contributed by atoms with van der Waals surface area (Å²) in [5.74, 6) is 0. The molecule has 0 saturated carbocycles. The fraction of sp³-hybridized carbons (Fsp3) is 0.143. The smallest absolute Gasteiger partial charge is 0.240 e. The second-order valence-electron chi connectivity index (χ2n) is 4.38. The standard InChI is InChI=1S/C14H16N2O2S/c1-11-3-2-4-14(9-11)19(17,18)16-10-12-5-7-13(15)8-6-12/h2-9,16H,10,15H2,1H3. The van der Waals surface area contributed by atoms with E-state index in [2.05, 4.69) is 4.72 Å². The number of sulfonamides is 1. The van der Waals surface area contributed by atoms with Crippen molar-refractivity contribution in [3.63, 3.8) is 0 Å². The molecule has 0 amide bonds. The number of nitrogens with two attached hydrogens (primary N) is 1. The van der Waals surface area contributed by atoms with Crippen LogP contribution in [0.2, 0.25) is 0 Å². The van der Waals surface area contributed by atoms with Gasteiger partial charge in [0.15, 0.2) is 0 Å². The summed E-state index contributed by atoms with van der Waals surface area (Å²) in [6, 6.07) is 13.9. The van der Waals surface area contributed by atoms with Gasteiger partial charge in [0.05, 0.1) is 4.90 Å². The number of benzene rings is 2. The van der Waals surface area contributed by atoms with E-state index < -0.39 is 10.0 Å². The van der Waals surface area contributed by atoms with Gasteiger partial charge in [0.25, 0.3) is 0 Å². The van der Waals surface area contributed by atoms with E-state index in [1.165, 1.54) is 0 Å². The molecule has 0 heterocycles. The van der Waals surface area contributed by atoms with E-state index in [1.807, 2.05) is 13.0 Å². The lowest BCUT2D eigenvalue weighted by Crippen LogP contribution is -2.23. The number of nitrogens with one attached hydrogen (secondary N) is 1. The van der Waals surface area contributed by atoms with Crippen LogP contribution in [0.3, 0.4) is 0 Å².